The zero-order valence-electron chi connectivity index (χ0n) is 11.5. The molecule has 0 bridgehead atoms. The van der Waals surface area contributed by atoms with E-state index in [1.54, 1.807) is 6.07 Å². The molecule has 1 N–H and O–H groups in total. The minimum Gasteiger partial charge on any atom is -0.492 e. The summed E-state index contributed by atoms with van der Waals surface area (Å²) in [7, 11) is 0. The number of ether oxygens (including phenoxy) is 1. The number of hydrogen-bond acceptors (Lipinski definition) is 5. The minimum atomic E-state index is -0.476. The Hall–Kier alpha value is -1.66. The van der Waals surface area contributed by atoms with Gasteiger partial charge in [-0.05, 0) is 32.0 Å². The van der Waals surface area contributed by atoms with Crippen LogP contribution >= 0.6 is 0 Å². The average Bonchev–Trinajstić information content (AvgIpc) is 2.48. The molecule has 1 aromatic rings. The molecular formula is C14H20N2O4. The number of aliphatic hydroxyl groups is 1. The molecule has 1 heterocycles. The molecule has 0 aromatic heterocycles. The van der Waals surface area contributed by atoms with Crippen LogP contribution in [0.25, 0.3) is 0 Å². The van der Waals surface area contributed by atoms with E-state index in [0.717, 1.165) is 19.6 Å². The van der Waals surface area contributed by atoms with E-state index in [0.29, 0.717) is 17.9 Å². The summed E-state index contributed by atoms with van der Waals surface area (Å²) in [6.07, 6.45) is 3.77. The molecule has 0 saturated carbocycles. The second-order valence-electron chi connectivity index (χ2n) is 4.96. The van der Waals surface area contributed by atoms with Crippen LogP contribution in [-0.2, 0) is 6.61 Å². The van der Waals surface area contributed by atoms with Crippen LogP contribution in [0.1, 0.15) is 24.8 Å². The van der Waals surface area contributed by atoms with Gasteiger partial charge in [0.2, 0.25) is 0 Å². The highest BCUT2D eigenvalue weighted by atomic mass is 16.6. The first-order valence-corrected chi connectivity index (χ1v) is 6.94. The van der Waals surface area contributed by atoms with Crippen molar-refractivity contribution < 1.29 is 14.8 Å². The lowest BCUT2D eigenvalue weighted by Crippen LogP contribution is -2.33. The number of rotatable bonds is 6. The summed E-state index contributed by atoms with van der Waals surface area (Å²) in [5.74, 6) is 0.523. The molecule has 110 valence electrons. The Kier molecular flexibility index (Phi) is 5.31. The monoisotopic (exact) mass is 280 g/mol. The van der Waals surface area contributed by atoms with Crippen LogP contribution in [0.5, 0.6) is 5.75 Å². The van der Waals surface area contributed by atoms with E-state index in [9.17, 15) is 15.2 Å². The molecule has 0 radical (unpaired) electrons. The van der Waals surface area contributed by atoms with Crippen molar-refractivity contribution >= 4 is 5.69 Å². The molecule has 0 amide bonds. The molecule has 6 nitrogen and oxygen atoms in total. The van der Waals surface area contributed by atoms with Crippen molar-refractivity contribution in [3.05, 3.63) is 33.9 Å². The van der Waals surface area contributed by atoms with Gasteiger partial charge in [-0.15, -0.1) is 0 Å². The van der Waals surface area contributed by atoms with Crippen LogP contribution in [0.15, 0.2) is 18.2 Å². The summed E-state index contributed by atoms with van der Waals surface area (Å²) < 4.78 is 5.64. The highest BCUT2D eigenvalue weighted by molar-refractivity contribution is 5.43. The van der Waals surface area contributed by atoms with Gasteiger partial charge in [0.25, 0.3) is 5.69 Å². The maximum absolute atomic E-state index is 10.7. The van der Waals surface area contributed by atoms with E-state index >= 15 is 0 Å². The van der Waals surface area contributed by atoms with E-state index < -0.39 is 4.92 Å². The normalized spacial score (nSPS) is 16.1. The molecule has 20 heavy (non-hydrogen) atoms. The number of benzene rings is 1. The lowest BCUT2D eigenvalue weighted by molar-refractivity contribution is -0.385. The van der Waals surface area contributed by atoms with Gasteiger partial charge in [-0.25, -0.2) is 0 Å². The Morgan fingerprint density at radius 3 is 2.70 bits per heavy atom. The Balaban J connectivity index is 1.89. The van der Waals surface area contributed by atoms with E-state index in [2.05, 4.69) is 4.90 Å². The molecular weight excluding hydrogens is 260 g/mol. The third-order valence-corrected chi connectivity index (χ3v) is 3.54. The highest BCUT2D eigenvalue weighted by Gasteiger charge is 2.13. The second-order valence-corrected chi connectivity index (χ2v) is 4.96. The van der Waals surface area contributed by atoms with Crippen molar-refractivity contribution in [2.75, 3.05) is 26.2 Å². The second kappa shape index (κ2) is 7.21. The number of piperidine rings is 1. The minimum absolute atomic E-state index is 0.0302. The number of hydrogen-bond donors (Lipinski definition) is 1. The third kappa shape index (κ3) is 3.91. The molecule has 0 spiro atoms. The number of non-ortho nitro benzene ring substituents is 1. The number of likely N-dealkylation sites (tertiary alicyclic amines) is 1. The number of nitro benzene ring substituents is 1. The molecule has 0 aliphatic carbocycles. The SMILES string of the molecule is O=[N+]([O-])c1ccc(OCCN2CCCCC2)c(CO)c1. The molecule has 6 heteroatoms. The molecule has 1 aliphatic rings. The molecule has 2 rings (SSSR count). The number of nitro groups is 1. The van der Waals surface area contributed by atoms with Gasteiger partial charge in [0.05, 0.1) is 11.5 Å². The van der Waals surface area contributed by atoms with Gasteiger partial charge in [-0.3, -0.25) is 15.0 Å². The van der Waals surface area contributed by atoms with Gasteiger partial charge in [0, 0.05) is 24.2 Å². The zero-order valence-corrected chi connectivity index (χ0v) is 11.5. The first-order chi connectivity index (χ1) is 9.70. The summed E-state index contributed by atoms with van der Waals surface area (Å²) in [5, 5.41) is 19.9. The van der Waals surface area contributed by atoms with Crippen molar-refractivity contribution in [2.45, 2.75) is 25.9 Å². The van der Waals surface area contributed by atoms with Crippen LogP contribution in [0.4, 0.5) is 5.69 Å². The Morgan fingerprint density at radius 2 is 2.05 bits per heavy atom. The molecule has 0 atom stereocenters. The predicted octanol–water partition coefficient (Wildman–Crippen LogP) is 1.95. The van der Waals surface area contributed by atoms with Crippen LogP contribution in [0.3, 0.4) is 0 Å². The van der Waals surface area contributed by atoms with Crippen molar-refractivity contribution in [3.8, 4) is 5.75 Å². The Morgan fingerprint density at radius 1 is 1.30 bits per heavy atom. The van der Waals surface area contributed by atoms with Crippen molar-refractivity contribution in [3.63, 3.8) is 0 Å². The van der Waals surface area contributed by atoms with E-state index in [4.69, 9.17) is 4.74 Å². The quantitative estimate of drug-likeness (QED) is 0.636. The fraction of sp³-hybridized carbons (Fsp3) is 0.571. The van der Waals surface area contributed by atoms with E-state index in [1.807, 2.05) is 0 Å². The van der Waals surface area contributed by atoms with E-state index in [1.165, 1.54) is 31.4 Å². The first-order valence-electron chi connectivity index (χ1n) is 6.94. The van der Waals surface area contributed by atoms with Crippen LogP contribution in [0, 0.1) is 10.1 Å². The van der Waals surface area contributed by atoms with Gasteiger partial charge >= 0.3 is 0 Å². The molecule has 0 unspecified atom stereocenters. The fourth-order valence-electron chi connectivity index (χ4n) is 2.41. The average molecular weight is 280 g/mol. The first kappa shape index (κ1) is 14.7. The highest BCUT2D eigenvalue weighted by Crippen LogP contribution is 2.24. The topological polar surface area (TPSA) is 75.8 Å². The maximum atomic E-state index is 10.7. The van der Waals surface area contributed by atoms with Crippen LogP contribution in [-0.4, -0.2) is 41.2 Å². The lowest BCUT2D eigenvalue weighted by Gasteiger charge is -2.26. The Bertz CT molecular complexity index is 458. The summed E-state index contributed by atoms with van der Waals surface area (Å²) in [5.41, 5.74) is 0.426. The third-order valence-electron chi connectivity index (χ3n) is 3.54. The summed E-state index contributed by atoms with van der Waals surface area (Å²) >= 11 is 0. The van der Waals surface area contributed by atoms with Gasteiger partial charge in [-0.2, -0.15) is 0 Å². The maximum Gasteiger partial charge on any atom is 0.270 e. The number of aliphatic hydroxyl groups excluding tert-OH is 1. The standard InChI is InChI=1S/C14H20N2O4/c17-11-12-10-13(16(18)19)4-5-14(12)20-9-8-15-6-2-1-3-7-15/h4-5,10,17H,1-3,6-9,11H2. The van der Waals surface area contributed by atoms with Crippen molar-refractivity contribution in [1.82, 2.24) is 4.90 Å². The zero-order chi connectivity index (χ0) is 14.4. The van der Waals surface area contributed by atoms with Gasteiger partial charge in [-0.1, -0.05) is 6.42 Å². The van der Waals surface area contributed by atoms with Crippen molar-refractivity contribution in [1.29, 1.82) is 0 Å². The fourth-order valence-corrected chi connectivity index (χ4v) is 2.41. The summed E-state index contributed by atoms with van der Waals surface area (Å²) in [4.78, 5) is 12.6. The van der Waals surface area contributed by atoms with Gasteiger partial charge in [0.1, 0.15) is 12.4 Å². The molecule has 1 aliphatic heterocycles. The number of nitrogens with zero attached hydrogens (tertiary/aromatic N) is 2. The largest absolute Gasteiger partial charge is 0.492 e. The molecule has 1 saturated heterocycles. The predicted molar refractivity (Wildman–Crippen MR) is 74.8 cm³/mol. The van der Waals surface area contributed by atoms with Crippen molar-refractivity contribution in [2.24, 2.45) is 0 Å². The molecule has 1 fully saturated rings. The van der Waals surface area contributed by atoms with E-state index in [-0.39, 0.29) is 12.3 Å². The van der Waals surface area contributed by atoms with Gasteiger partial charge < -0.3 is 9.84 Å². The Labute approximate surface area is 118 Å². The van der Waals surface area contributed by atoms with Crippen LogP contribution in [0.2, 0.25) is 0 Å². The van der Waals surface area contributed by atoms with Gasteiger partial charge in [0.15, 0.2) is 0 Å². The summed E-state index contributed by atoms with van der Waals surface area (Å²) in [6.45, 7) is 3.33. The summed E-state index contributed by atoms with van der Waals surface area (Å²) in [6, 6.07) is 4.31. The molecule has 1 aromatic carbocycles. The lowest BCUT2D eigenvalue weighted by atomic mass is 10.1. The smallest absolute Gasteiger partial charge is 0.270 e. The van der Waals surface area contributed by atoms with Crippen LogP contribution < -0.4 is 4.74 Å².